The molecular formula is C27H32N4O5S. The van der Waals surface area contributed by atoms with Crippen LogP contribution in [0.3, 0.4) is 0 Å². The third-order valence-corrected chi connectivity index (χ3v) is 8.36. The van der Waals surface area contributed by atoms with E-state index >= 15 is 0 Å². The third-order valence-electron chi connectivity index (χ3n) is 6.50. The summed E-state index contributed by atoms with van der Waals surface area (Å²) in [5.74, 6) is 1.27. The van der Waals surface area contributed by atoms with Crippen LogP contribution in [-0.4, -0.2) is 69.8 Å². The Balaban J connectivity index is 1.18. The van der Waals surface area contributed by atoms with Crippen molar-refractivity contribution in [2.45, 2.75) is 12.5 Å². The molecule has 10 heteroatoms. The minimum absolute atomic E-state index is 0.296. The highest BCUT2D eigenvalue weighted by molar-refractivity contribution is 7.90. The van der Waals surface area contributed by atoms with E-state index in [0.717, 1.165) is 22.2 Å². The molecule has 0 saturated heterocycles. The van der Waals surface area contributed by atoms with Crippen molar-refractivity contribution in [1.82, 2.24) is 14.6 Å². The van der Waals surface area contributed by atoms with Crippen molar-refractivity contribution >= 4 is 37.7 Å². The molecule has 0 spiro atoms. The molecule has 1 aromatic heterocycles. The molecule has 0 amide bonds. The Morgan fingerprint density at radius 2 is 1.92 bits per heavy atom. The van der Waals surface area contributed by atoms with Gasteiger partial charge in [-0.2, -0.15) is 12.7 Å². The number of fused-ring (bicyclic) bond motifs is 4. The number of hydrogen-bond donors (Lipinski definition) is 3. The lowest BCUT2D eigenvalue weighted by atomic mass is 10.1. The summed E-state index contributed by atoms with van der Waals surface area (Å²) in [5.41, 5.74) is 3.18. The lowest BCUT2D eigenvalue weighted by Gasteiger charge is -2.27. The summed E-state index contributed by atoms with van der Waals surface area (Å²) < 4.78 is 39.9. The fourth-order valence-corrected chi connectivity index (χ4v) is 5.67. The molecule has 4 aromatic rings. The van der Waals surface area contributed by atoms with E-state index in [9.17, 15) is 13.5 Å². The molecule has 3 N–H and O–H groups in total. The molecule has 1 aliphatic heterocycles. The van der Waals surface area contributed by atoms with Gasteiger partial charge in [-0.1, -0.05) is 24.3 Å². The number of aromatic nitrogens is 1. The Kier molecular flexibility index (Phi) is 7.25. The molecule has 9 nitrogen and oxygen atoms in total. The van der Waals surface area contributed by atoms with Gasteiger partial charge >= 0.3 is 10.2 Å². The van der Waals surface area contributed by atoms with Crippen LogP contribution >= 0.6 is 0 Å². The number of para-hydroxylation sites is 1. The summed E-state index contributed by atoms with van der Waals surface area (Å²) in [6.07, 6.45) is -0.242. The maximum absolute atomic E-state index is 12.9. The predicted octanol–water partition coefficient (Wildman–Crippen LogP) is 3.42. The van der Waals surface area contributed by atoms with Crippen molar-refractivity contribution in [3.05, 3.63) is 66.2 Å². The molecule has 0 bridgehead atoms. The Labute approximate surface area is 216 Å². The van der Waals surface area contributed by atoms with Crippen LogP contribution in [0.25, 0.3) is 21.8 Å². The van der Waals surface area contributed by atoms with Crippen molar-refractivity contribution in [3.8, 4) is 11.5 Å². The van der Waals surface area contributed by atoms with E-state index in [4.69, 9.17) is 9.47 Å². The minimum Gasteiger partial charge on any atom is -0.492 e. The van der Waals surface area contributed by atoms with Gasteiger partial charge in [0.05, 0.1) is 23.9 Å². The van der Waals surface area contributed by atoms with Crippen LogP contribution < -0.4 is 19.1 Å². The highest BCUT2D eigenvalue weighted by Gasteiger charge is 2.29. The molecule has 3 aromatic carbocycles. The van der Waals surface area contributed by atoms with Crippen molar-refractivity contribution < 1.29 is 23.0 Å². The second kappa shape index (κ2) is 10.6. The first-order valence-corrected chi connectivity index (χ1v) is 13.7. The Morgan fingerprint density at radius 3 is 2.76 bits per heavy atom. The molecule has 0 aliphatic carbocycles. The van der Waals surface area contributed by atoms with Gasteiger partial charge in [0.25, 0.3) is 0 Å². The van der Waals surface area contributed by atoms with Gasteiger partial charge in [0.15, 0.2) is 0 Å². The number of anilines is 1. The molecule has 5 rings (SSSR count). The standard InChI is InChI=1S/C27H32N4O5S/c1-30(2)37(33,34)31-13-5-14-36-27-11-8-19(16-25(27)31)26(32)18-28-12-15-35-20-9-10-22-21-6-3-4-7-23(21)29-24(22)17-20/h3-4,6-11,16-17,26,28-29,32H,5,12-15,18H2,1-2H3/t26-/m0/s1. The monoisotopic (exact) mass is 524 g/mol. The van der Waals surface area contributed by atoms with Crippen LogP contribution in [0.1, 0.15) is 18.1 Å². The highest BCUT2D eigenvalue weighted by atomic mass is 32.2. The fourth-order valence-electron chi connectivity index (χ4n) is 4.53. The number of rotatable bonds is 9. The van der Waals surface area contributed by atoms with Gasteiger partial charge in [0.2, 0.25) is 0 Å². The smallest absolute Gasteiger partial charge is 0.303 e. The van der Waals surface area contributed by atoms with Gasteiger partial charge in [0, 0.05) is 62.5 Å². The van der Waals surface area contributed by atoms with Crippen LogP contribution in [-0.2, 0) is 10.2 Å². The SMILES string of the molecule is CN(C)S(=O)(=O)N1CCCOc2ccc([C@@H](O)CNCCOc3ccc4c(c3)[nH]c3ccccc34)cc21. The number of nitrogens with zero attached hydrogens (tertiary/aromatic N) is 2. The van der Waals surface area contributed by atoms with Crippen LogP contribution in [0, 0.1) is 0 Å². The number of aliphatic hydroxyl groups excluding tert-OH is 1. The fraction of sp³-hybridized carbons (Fsp3) is 0.333. The van der Waals surface area contributed by atoms with Crippen molar-refractivity contribution in [3.63, 3.8) is 0 Å². The van der Waals surface area contributed by atoms with E-state index in [1.807, 2.05) is 24.3 Å². The van der Waals surface area contributed by atoms with Crippen LogP contribution in [0.5, 0.6) is 11.5 Å². The number of benzene rings is 3. The van der Waals surface area contributed by atoms with Gasteiger partial charge in [0.1, 0.15) is 18.1 Å². The first-order valence-electron chi connectivity index (χ1n) is 12.3. The van der Waals surface area contributed by atoms with Gasteiger partial charge in [-0.05, 0) is 35.9 Å². The van der Waals surface area contributed by atoms with E-state index < -0.39 is 16.3 Å². The van der Waals surface area contributed by atoms with Crippen molar-refractivity contribution in [2.24, 2.45) is 0 Å². The molecule has 37 heavy (non-hydrogen) atoms. The number of hydrogen-bond acceptors (Lipinski definition) is 6. The maximum atomic E-state index is 12.9. The van der Waals surface area contributed by atoms with Crippen molar-refractivity contribution in [1.29, 1.82) is 0 Å². The lowest BCUT2D eigenvalue weighted by Crippen LogP contribution is -2.40. The summed E-state index contributed by atoms with van der Waals surface area (Å²) in [6, 6.07) is 19.4. The van der Waals surface area contributed by atoms with Gasteiger partial charge in [-0.15, -0.1) is 0 Å². The molecular weight excluding hydrogens is 492 g/mol. The Morgan fingerprint density at radius 1 is 1.11 bits per heavy atom. The van der Waals surface area contributed by atoms with Gasteiger partial charge in [-0.3, -0.25) is 4.31 Å². The molecule has 2 heterocycles. The molecule has 0 radical (unpaired) electrons. The summed E-state index contributed by atoms with van der Waals surface area (Å²) in [7, 11) is -0.674. The van der Waals surface area contributed by atoms with Crippen LogP contribution in [0.4, 0.5) is 5.69 Å². The highest BCUT2D eigenvalue weighted by Crippen LogP contribution is 2.35. The topological polar surface area (TPSA) is 107 Å². The maximum Gasteiger partial charge on any atom is 0.303 e. The zero-order valence-electron chi connectivity index (χ0n) is 21.0. The average Bonchev–Trinajstić information content (AvgIpc) is 3.11. The second-order valence-corrected chi connectivity index (χ2v) is 11.3. The largest absolute Gasteiger partial charge is 0.492 e. The molecule has 0 fully saturated rings. The molecule has 1 aliphatic rings. The van der Waals surface area contributed by atoms with Crippen molar-refractivity contribution in [2.75, 3.05) is 51.2 Å². The summed E-state index contributed by atoms with van der Waals surface area (Å²) in [4.78, 5) is 3.42. The van der Waals surface area contributed by atoms with E-state index in [2.05, 4.69) is 28.5 Å². The first kappa shape index (κ1) is 25.3. The Hall–Kier alpha value is -3.31. The van der Waals surface area contributed by atoms with E-state index in [1.165, 1.54) is 28.1 Å². The second-order valence-electron chi connectivity index (χ2n) is 9.24. The van der Waals surface area contributed by atoms with E-state index in [-0.39, 0.29) is 0 Å². The predicted molar refractivity (Wildman–Crippen MR) is 146 cm³/mol. The first-order chi connectivity index (χ1) is 17.8. The minimum atomic E-state index is -3.68. The van der Waals surface area contributed by atoms with Gasteiger partial charge < -0.3 is 24.9 Å². The number of ether oxygens (including phenoxy) is 2. The molecule has 0 unspecified atom stereocenters. The molecule has 0 saturated carbocycles. The number of aromatic amines is 1. The number of H-pyrrole nitrogens is 1. The molecule has 196 valence electrons. The van der Waals surface area contributed by atoms with E-state index in [1.54, 1.807) is 18.2 Å². The summed E-state index contributed by atoms with van der Waals surface area (Å²) in [5, 5.41) is 16.3. The zero-order valence-corrected chi connectivity index (χ0v) is 21.8. The normalized spacial score (nSPS) is 15.0. The average molecular weight is 525 g/mol. The Bertz CT molecular complexity index is 1500. The number of nitrogens with one attached hydrogen (secondary N) is 2. The van der Waals surface area contributed by atoms with Gasteiger partial charge in [-0.25, -0.2) is 0 Å². The quantitative estimate of drug-likeness (QED) is 0.290. The summed E-state index contributed by atoms with van der Waals surface area (Å²) >= 11 is 0. The number of aliphatic hydroxyl groups is 1. The van der Waals surface area contributed by atoms with Crippen LogP contribution in [0.15, 0.2) is 60.7 Å². The molecule has 1 atom stereocenters. The lowest BCUT2D eigenvalue weighted by molar-refractivity contribution is 0.172. The zero-order chi connectivity index (χ0) is 26.0. The summed E-state index contributed by atoms with van der Waals surface area (Å²) in [6.45, 7) is 2.02. The van der Waals surface area contributed by atoms with E-state index in [0.29, 0.717) is 56.3 Å². The van der Waals surface area contributed by atoms with Crippen LogP contribution in [0.2, 0.25) is 0 Å². The third kappa shape index (κ3) is 5.24.